The number of rotatable bonds is 6. The summed E-state index contributed by atoms with van der Waals surface area (Å²) in [6, 6.07) is 12.2. The molecule has 1 unspecified atom stereocenters. The second-order valence-corrected chi connectivity index (χ2v) is 7.52. The maximum atomic E-state index is 13.5. The molecule has 2 aromatic rings. The summed E-state index contributed by atoms with van der Waals surface area (Å²) < 4.78 is 50.5. The average Bonchev–Trinajstić information content (AvgIpc) is 2.79. The zero-order chi connectivity index (χ0) is 24.2. The molecule has 1 aliphatic carbocycles. The molecule has 0 bridgehead atoms. The van der Waals surface area contributed by atoms with E-state index >= 15 is 0 Å². The van der Waals surface area contributed by atoms with Crippen LogP contribution in [0.4, 0.5) is 13.2 Å². The lowest BCUT2D eigenvalue weighted by Gasteiger charge is -2.27. The normalized spacial score (nSPS) is 16.1. The lowest BCUT2D eigenvalue weighted by atomic mass is 9.95. The van der Waals surface area contributed by atoms with Crippen LogP contribution in [0.15, 0.2) is 71.0 Å². The lowest BCUT2D eigenvalue weighted by Crippen LogP contribution is -2.36. The highest BCUT2D eigenvalue weighted by Crippen LogP contribution is 2.41. The molecule has 2 aromatic carbocycles. The topological polar surface area (TPSA) is 76.7 Å². The van der Waals surface area contributed by atoms with Gasteiger partial charge in [0.05, 0.1) is 25.8 Å². The van der Waals surface area contributed by atoms with Gasteiger partial charge in [0.25, 0.3) is 11.8 Å². The van der Waals surface area contributed by atoms with Crippen molar-refractivity contribution in [3.05, 3.63) is 82.2 Å². The Morgan fingerprint density at radius 2 is 1.33 bits per heavy atom. The third-order valence-electron chi connectivity index (χ3n) is 4.96. The quantitative estimate of drug-likeness (QED) is 0.624. The van der Waals surface area contributed by atoms with Crippen molar-refractivity contribution < 1.29 is 32.2 Å². The van der Waals surface area contributed by atoms with Gasteiger partial charge in [-0.25, -0.2) is 0 Å². The smallest absolute Gasteiger partial charge is 0.396 e. The third-order valence-corrected chi connectivity index (χ3v) is 5.33. The van der Waals surface area contributed by atoms with E-state index in [9.17, 15) is 22.8 Å². The van der Waals surface area contributed by atoms with E-state index < -0.39 is 35.4 Å². The zero-order valence-corrected chi connectivity index (χ0v) is 18.4. The van der Waals surface area contributed by atoms with Gasteiger partial charge in [-0.15, -0.1) is 0 Å². The van der Waals surface area contributed by atoms with Gasteiger partial charge >= 0.3 is 6.18 Å². The maximum Gasteiger partial charge on any atom is 0.396 e. The van der Waals surface area contributed by atoms with Gasteiger partial charge in [-0.2, -0.15) is 13.2 Å². The van der Waals surface area contributed by atoms with Crippen LogP contribution in [0.3, 0.4) is 0 Å². The first-order chi connectivity index (χ1) is 15.6. The minimum Gasteiger partial charge on any atom is -0.497 e. The number of nitrogens with one attached hydrogen (secondary N) is 2. The van der Waals surface area contributed by atoms with Crippen LogP contribution in [0, 0.1) is 5.92 Å². The molecule has 0 aliphatic heterocycles. The third kappa shape index (κ3) is 5.87. The molecule has 3 rings (SSSR count). The first-order valence-corrected chi connectivity index (χ1v) is 10.1. The van der Waals surface area contributed by atoms with E-state index in [0.29, 0.717) is 11.5 Å². The summed E-state index contributed by atoms with van der Waals surface area (Å²) in [5, 5.41) is 4.53. The summed E-state index contributed by atoms with van der Waals surface area (Å²) in [6.07, 6.45) is -4.26. The monoisotopic (exact) mass is 480 g/mol. The van der Waals surface area contributed by atoms with E-state index in [0.717, 1.165) is 6.08 Å². The van der Waals surface area contributed by atoms with Gasteiger partial charge in [0, 0.05) is 28.3 Å². The molecule has 2 N–H and O–H groups in total. The van der Waals surface area contributed by atoms with Crippen LogP contribution in [-0.4, -0.2) is 32.2 Å². The second-order valence-electron chi connectivity index (χ2n) is 7.09. The van der Waals surface area contributed by atoms with Crippen LogP contribution in [0.2, 0.25) is 0 Å². The Balaban J connectivity index is 1.89. The maximum absolute atomic E-state index is 13.5. The van der Waals surface area contributed by atoms with E-state index in [1.807, 2.05) is 0 Å². The van der Waals surface area contributed by atoms with Crippen molar-refractivity contribution in [3.63, 3.8) is 0 Å². The van der Waals surface area contributed by atoms with Crippen molar-refractivity contribution >= 4 is 23.4 Å². The number of ether oxygens (including phenoxy) is 2. The van der Waals surface area contributed by atoms with Crippen molar-refractivity contribution in [2.75, 3.05) is 14.2 Å². The minimum absolute atomic E-state index is 0.0248. The number of amides is 2. The summed E-state index contributed by atoms with van der Waals surface area (Å²) >= 11 is 5.90. The molecular weight excluding hydrogens is 461 g/mol. The summed E-state index contributed by atoms with van der Waals surface area (Å²) in [4.78, 5) is 25.3. The molecule has 2 amide bonds. The minimum atomic E-state index is -4.63. The van der Waals surface area contributed by atoms with Gasteiger partial charge < -0.3 is 20.1 Å². The molecule has 1 atom stereocenters. The average molecular weight is 481 g/mol. The molecule has 174 valence electrons. The Bertz CT molecular complexity index is 1090. The van der Waals surface area contributed by atoms with Gasteiger partial charge in [-0.05, 0) is 54.6 Å². The number of hydrogen-bond donors (Lipinski definition) is 2. The van der Waals surface area contributed by atoms with Crippen molar-refractivity contribution in [2.45, 2.75) is 12.6 Å². The highest BCUT2D eigenvalue weighted by atomic mass is 35.5. The molecular formula is C23H20ClF3N2O4. The predicted octanol–water partition coefficient (Wildman–Crippen LogP) is 4.78. The van der Waals surface area contributed by atoms with Crippen molar-refractivity contribution in [1.29, 1.82) is 0 Å². The van der Waals surface area contributed by atoms with Crippen molar-refractivity contribution in [3.8, 4) is 11.5 Å². The molecule has 1 aliphatic rings. The van der Waals surface area contributed by atoms with Crippen molar-refractivity contribution in [1.82, 2.24) is 10.6 Å². The van der Waals surface area contributed by atoms with Crippen LogP contribution < -0.4 is 20.1 Å². The number of halogens is 4. The van der Waals surface area contributed by atoms with E-state index in [2.05, 4.69) is 10.6 Å². The van der Waals surface area contributed by atoms with E-state index in [-0.39, 0.29) is 22.5 Å². The first kappa shape index (κ1) is 24.2. The predicted molar refractivity (Wildman–Crippen MR) is 116 cm³/mol. The standard InChI is InChI=1S/C23H20ClF3N2O4/c1-32-15-7-3-13(4-8-15)21(30)28-19-11-17(23(25,26)27)18(24)12-20(19)29-22(31)14-5-9-16(33-2)10-6-14/h3-10,12,17H,11H2,1-2H3,(H,28,30)(H,29,31). The second kappa shape index (κ2) is 9.99. The lowest BCUT2D eigenvalue weighted by molar-refractivity contribution is -0.162. The molecule has 10 heteroatoms. The molecule has 0 radical (unpaired) electrons. The van der Waals surface area contributed by atoms with Gasteiger partial charge in [-0.3, -0.25) is 9.59 Å². The summed E-state index contributed by atoms with van der Waals surface area (Å²) in [5.74, 6) is -2.19. The number of allylic oxidation sites excluding steroid dienone is 3. The highest BCUT2D eigenvalue weighted by Gasteiger charge is 2.44. The van der Waals surface area contributed by atoms with Crippen LogP contribution in [0.5, 0.6) is 11.5 Å². The van der Waals surface area contributed by atoms with Gasteiger partial charge in [0.1, 0.15) is 11.5 Å². The van der Waals surface area contributed by atoms with Gasteiger partial charge in [0.15, 0.2) is 0 Å². The number of carbonyl (C=O) groups excluding carboxylic acids is 2. The highest BCUT2D eigenvalue weighted by molar-refractivity contribution is 6.30. The van der Waals surface area contributed by atoms with E-state index in [1.165, 1.54) is 38.5 Å². The van der Waals surface area contributed by atoms with Crippen molar-refractivity contribution in [2.24, 2.45) is 5.92 Å². The molecule has 0 aromatic heterocycles. The van der Waals surface area contributed by atoms with Crippen LogP contribution in [0.1, 0.15) is 27.1 Å². The molecule has 33 heavy (non-hydrogen) atoms. The number of alkyl halides is 3. The Hall–Kier alpha value is -3.46. The summed E-state index contributed by atoms with van der Waals surface area (Å²) in [7, 11) is 2.94. The molecule has 0 saturated carbocycles. The fourth-order valence-corrected chi connectivity index (χ4v) is 3.44. The van der Waals surface area contributed by atoms with Gasteiger partial charge in [-0.1, -0.05) is 11.6 Å². The number of hydrogen-bond acceptors (Lipinski definition) is 4. The van der Waals surface area contributed by atoms with E-state index in [4.69, 9.17) is 21.1 Å². The largest absolute Gasteiger partial charge is 0.497 e. The SMILES string of the molecule is COc1ccc(C(=O)NC2=C(NC(=O)c3ccc(OC)cc3)CC(C(F)(F)F)C(Cl)=C2)cc1. The Labute approximate surface area is 193 Å². The van der Waals surface area contributed by atoms with E-state index in [1.54, 1.807) is 24.3 Å². The molecule has 0 spiro atoms. The summed E-state index contributed by atoms with van der Waals surface area (Å²) in [5.41, 5.74) is 0.313. The Kier molecular flexibility index (Phi) is 7.33. The Morgan fingerprint density at radius 1 is 0.879 bits per heavy atom. The number of benzene rings is 2. The summed E-state index contributed by atoms with van der Waals surface area (Å²) in [6.45, 7) is 0. The molecule has 6 nitrogen and oxygen atoms in total. The molecule has 0 saturated heterocycles. The van der Waals surface area contributed by atoms with Crippen LogP contribution in [0.25, 0.3) is 0 Å². The first-order valence-electron chi connectivity index (χ1n) is 9.70. The Morgan fingerprint density at radius 3 is 1.76 bits per heavy atom. The van der Waals surface area contributed by atoms with Crippen LogP contribution in [-0.2, 0) is 0 Å². The van der Waals surface area contributed by atoms with Crippen LogP contribution >= 0.6 is 11.6 Å². The fraction of sp³-hybridized carbons (Fsp3) is 0.217. The molecule has 0 heterocycles. The fourth-order valence-electron chi connectivity index (χ4n) is 3.13. The van der Waals surface area contributed by atoms with Gasteiger partial charge in [0.2, 0.25) is 0 Å². The zero-order valence-electron chi connectivity index (χ0n) is 17.6. The molecule has 0 fully saturated rings. The number of carbonyl (C=O) groups is 2. The number of methoxy groups -OCH3 is 2.